The Hall–Kier alpha value is -2.76. The van der Waals surface area contributed by atoms with Crippen LogP contribution < -0.4 is 0 Å². The lowest BCUT2D eigenvalue weighted by atomic mass is 9.78. The van der Waals surface area contributed by atoms with E-state index in [1.807, 2.05) is 53.4 Å². The number of piperidine rings is 1. The van der Waals surface area contributed by atoms with E-state index in [-0.39, 0.29) is 11.5 Å². The lowest BCUT2D eigenvalue weighted by Gasteiger charge is -2.46. The van der Waals surface area contributed by atoms with Crippen LogP contribution in [0.5, 0.6) is 0 Å². The molecule has 2 aromatic carbocycles. The van der Waals surface area contributed by atoms with Gasteiger partial charge < -0.3 is 14.4 Å². The van der Waals surface area contributed by atoms with E-state index in [4.69, 9.17) is 9.47 Å². The van der Waals surface area contributed by atoms with Crippen LogP contribution in [0.3, 0.4) is 0 Å². The maximum Gasteiger partial charge on any atom is 0.273 e. The number of nitrogens with zero attached hydrogens (tertiary/aromatic N) is 2. The van der Waals surface area contributed by atoms with Crippen molar-refractivity contribution in [2.45, 2.75) is 44.3 Å². The average Bonchev–Trinajstić information content (AvgIpc) is 2.87. The second-order valence-electron chi connectivity index (χ2n) is 9.39. The molecule has 1 amide bonds. The number of benzene rings is 2. The molecule has 1 unspecified atom stereocenters. The zero-order valence-electron chi connectivity index (χ0n) is 19.1. The number of amides is 1. The highest BCUT2D eigenvalue weighted by Crippen LogP contribution is 2.39. The van der Waals surface area contributed by atoms with Crippen LogP contribution in [0.4, 0.5) is 0 Å². The van der Waals surface area contributed by atoms with Crippen molar-refractivity contribution in [3.63, 3.8) is 0 Å². The SMILES string of the molecule is O=C(c1nccc2ccccc12)N1CCC2(CC1)CC(CCOCc1ccccc1)CCO2. The van der Waals surface area contributed by atoms with Gasteiger partial charge in [-0.25, -0.2) is 0 Å². The average molecular weight is 445 g/mol. The summed E-state index contributed by atoms with van der Waals surface area (Å²) in [6, 6.07) is 20.3. The van der Waals surface area contributed by atoms with Gasteiger partial charge in [0, 0.05) is 37.9 Å². The first-order chi connectivity index (χ1) is 16.2. The van der Waals surface area contributed by atoms with Gasteiger partial charge in [-0.15, -0.1) is 0 Å². The molecule has 0 N–H and O–H groups in total. The van der Waals surface area contributed by atoms with Crippen molar-refractivity contribution in [3.05, 3.63) is 78.1 Å². The van der Waals surface area contributed by atoms with E-state index in [0.717, 1.165) is 69.2 Å². The fourth-order valence-electron chi connectivity index (χ4n) is 5.30. The van der Waals surface area contributed by atoms with Gasteiger partial charge >= 0.3 is 0 Å². The first-order valence-corrected chi connectivity index (χ1v) is 12.1. The van der Waals surface area contributed by atoms with Gasteiger partial charge in [-0.2, -0.15) is 0 Å². The molecule has 1 atom stereocenters. The molecule has 5 heteroatoms. The lowest BCUT2D eigenvalue weighted by Crippen LogP contribution is -2.51. The van der Waals surface area contributed by atoms with Crippen LogP contribution >= 0.6 is 0 Å². The third-order valence-corrected chi connectivity index (χ3v) is 7.22. The van der Waals surface area contributed by atoms with E-state index in [1.165, 1.54) is 5.56 Å². The number of hydrogen-bond acceptors (Lipinski definition) is 4. The molecule has 3 aromatic rings. The number of likely N-dealkylation sites (tertiary alicyclic amines) is 1. The maximum atomic E-state index is 13.2. The van der Waals surface area contributed by atoms with Crippen molar-refractivity contribution in [1.82, 2.24) is 9.88 Å². The number of rotatable bonds is 6. The van der Waals surface area contributed by atoms with Crippen molar-refractivity contribution in [1.29, 1.82) is 0 Å². The fraction of sp³-hybridized carbons (Fsp3) is 0.429. The zero-order valence-corrected chi connectivity index (χ0v) is 19.1. The molecule has 172 valence electrons. The fourth-order valence-corrected chi connectivity index (χ4v) is 5.30. The Morgan fingerprint density at radius 1 is 1.06 bits per heavy atom. The standard InChI is InChI=1S/C28H32N2O3/c31-27(26-25-9-5-4-8-24(25)10-15-29-26)30-16-13-28(14-17-30)20-22(12-19-33-28)11-18-32-21-23-6-2-1-3-7-23/h1-10,15,22H,11-14,16-21H2. The van der Waals surface area contributed by atoms with Crippen molar-refractivity contribution in [2.75, 3.05) is 26.3 Å². The molecular formula is C28H32N2O3. The molecule has 33 heavy (non-hydrogen) atoms. The number of aromatic nitrogens is 1. The van der Waals surface area contributed by atoms with Gasteiger partial charge in [0.05, 0.1) is 12.2 Å². The number of carbonyl (C=O) groups excluding carboxylic acids is 1. The van der Waals surface area contributed by atoms with Crippen molar-refractivity contribution < 1.29 is 14.3 Å². The molecule has 0 bridgehead atoms. The summed E-state index contributed by atoms with van der Waals surface area (Å²) in [6.07, 6.45) is 6.75. The van der Waals surface area contributed by atoms with Gasteiger partial charge in [0.1, 0.15) is 5.69 Å². The van der Waals surface area contributed by atoms with Gasteiger partial charge in [0.15, 0.2) is 0 Å². The van der Waals surface area contributed by atoms with E-state index >= 15 is 0 Å². The second-order valence-corrected chi connectivity index (χ2v) is 9.39. The first-order valence-electron chi connectivity index (χ1n) is 12.1. The Morgan fingerprint density at radius 2 is 1.85 bits per heavy atom. The molecule has 2 aliphatic heterocycles. The van der Waals surface area contributed by atoms with E-state index in [2.05, 4.69) is 17.1 Å². The smallest absolute Gasteiger partial charge is 0.273 e. The second kappa shape index (κ2) is 10.0. The van der Waals surface area contributed by atoms with Gasteiger partial charge in [-0.3, -0.25) is 9.78 Å². The Kier molecular flexibility index (Phi) is 6.70. The molecule has 1 aromatic heterocycles. The molecule has 5 rings (SSSR count). The topological polar surface area (TPSA) is 51.7 Å². The first kappa shape index (κ1) is 22.1. The Bertz CT molecular complexity index is 1070. The Morgan fingerprint density at radius 3 is 2.70 bits per heavy atom. The summed E-state index contributed by atoms with van der Waals surface area (Å²) in [4.78, 5) is 19.6. The minimum atomic E-state index is -0.0920. The molecule has 0 radical (unpaired) electrons. The van der Waals surface area contributed by atoms with Crippen molar-refractivity contribution >= 4 is 16.7 Å². The maximum absolute atomic E-state index is 13.2. The van der Waals surface area contributed by atoms with Crippen LogP contribution in [0, 0.1) is 5.92 Å². The van der Waals surface area contributed by atoms with Crippen LogP contribution in [0.2, 0.25) is 0 Å². The molecular weight excluding hydrogens is 412 g/mol. The van der Waals surface area contributed by atoms with Crippen molar-refractivity contribution in [3.8, 4) is 0 Å². The third-order valence-electron chi connectivity index (χ3n) is 7.22. The van der Waals surface area contributed by atoms with Gasteiger partial charge in [0.25, 0.3) is 5.91 Å². The van der Waals surface area contributed by atoms with Gasteiger partial charge in [0.2, 0.25) is 0 Å². The predicted octanol–water partition coefficient (Wildman–Crippen LogP) is 5.24. The van der Waals surface area contributed by atoms with Crippen molar-refractivity contribution in [2.24, 2.45) is 5.92 Å². The summed E-state index contributed by atoms with van der Waals surface area (Å²) >= 11 is 0. The molecule has 1 spiro atoms. The van der Waals surface area contributed by atoms with E-state index in [1.54, 1.807) is 6.20 Å². The normalized spacial score (nSPS) is 20.2. The minimum Gasteiger partial charge on any atom is -0.377 e. The highest BCUT2D eigenvalue weighted by Gasteiger charge is 2.41. The molecule has 2 aliphatic rings. The van der Waals surface area contributed by atoms with Gasteiger partial charge in [-0.1, -0.05) is 54.6 Å². The van der Waals surface area contributed by atoms with Gasteiger partial charge in [-0.05, 0) is 55.0 Å². The monoisotopic (exact) mass is 444 g/mol. The van der Waals surface area contributed by atoms with Crippen LogP contribution in [-0.2, 0) is 16.1 Å². The molecule has 2 saturated heterocycles. The molecule has 2 fully saturated rings. The summed E-state index contributed by atoms with van der Waals surface area (Å²) in [7, 11) is 0. The van der Waals surface area contributed by atoms with E-state index in [9.17, 15) is 4.79 Å². The summed E-state index contributed by atoms with van der Waals surface area (Å²) < 4.78 is 12.3. The van der Waals surface area contributed by atoms with E-state index < -0.39 is 0 Å². The van der Waals surface area contributed by atoms with E-state index in [0.29, 0.717) is 18.2 Å². The highest BCUT2D eigenvalue weighted by molar-refractivity contribution is 6.05. The largest absolute Gasteiger partial charge is 0.377 e. The Labute approximate surface area is 195 Å². The third kappa shape index (κ3) is 5.10. The lowest BCUT2D eigenvalue weighted by molar-refractivity contribution is -0.126. The summed E-state index contributed by atoms with van der Waals surface area (Å²) in [5.74, 6) is 0.653. The summed E-state index contributed by atoms with van der Waals surface area (Å²) in [6.45, 7) is 3.71. The van der Waals surface area contributed by atoms with Crippen LogP contribution in [-0.4, -0.2) is 47.7 Å². The summed E-state index contributed by atoms with van der Waals surface area (Å²) in [5.41, 5.74) is 1.69. The highest BCUT2D eigenvalue weighted by atomic mass is 16.5. The van der Waals surface area contributed by atoms with Crippen LogP contribution in [0.25, 0.3) is 10.8 Å². The quantitative estimate of drug-likeness (QED) is 0.488. The minimum absolute atomic E-state index is 0.0309. The number of pyridine rings is 1. The number of carbonyl (C=O) groups is 1. The molecule has 3 heterocycles. The Balaban J connectivity index is 1.14. The molecule has 5 nitrogen and oxygen atoms in total. The zero-order chi connectivity index (χ0) is 22.5. The number of fused-ring (bicyclic) bond motifs is 1. The molecule has 0 aliphatic carbocycles. The molecule has 0 saturated carbocycles. The van der Waals surface area contributed by atoms with Crippen LogP contribution in [0.15, 0.2) is 66.9 Å². The van der Waals surface area contributed by atoms with Crippen LogP contribution in [0.1, 0.15) is 48.2 Å². The number of ether oxygens (including phenoxy) is 2. The number of hydrogen-bond donors (Lipinski definition) is 0. The predicted molar refractivity (Wildman–Crippen MR) is 129 cm³/mol. The summed E-state index contributed by atoms with van der Waals surface area (Å²) in [5, 5.41) is 1.98.